The smallest absolute Gasteiger partial charge is 0.488 e. The molecule has 2 heterocycles. The van der Waals surface area contributed by atoms with Crippen molar-refractivity contribution in [2.24, 2.45) is 0 Å². The van der Waals surface area contributed by atoms with Crippen molar-refractivity contribution in [3.8, 4) is 28.9 Å². The van der Waals surface area contributed by atoms with Gasteiger partial charge in [-0.1, -0.05) is 15.5 Å². The third-order valence-corrected chi connectivity index (χ3v) is 6.49. The van der Waals surface area contributed by atoms with Crippen LogP contribution < -0.4 is 23.5 Å². The molecule has 0 amide bonds. The van der Waals surface area contributed by atoms with E-state index in [4.69, 9.17) is 25.6 Å². The van der Waals surface area contributed by atoms with Crippen LogP contribution in [0.1, 0.15) is 11.1 Å². The molecule has 0 radical (unpaired) electrons. The van der Waals surface area contributed by atoms with Crippen LogP contribution in [0, 0.1) is 0 Å². The molecule has 0 atom stereocenters. The Balaban J connectivity index is 1.62. The van der Waals surface area contributed by atoms with Crippen LogP contribution >= 0.6 is 19.7 Å². The number of benzene rings is 2. The summed E-state index contributed by atoms with van der Waals surface area (Å²) in [4.78, 5) is 10.9. The predicted octanol–water partition coefficient (Wildman–Crippen LogP) is 5.29. The zero-order valence-electron chi connectivity index (χ0n) is 20.5. The van der Waals surface area contributed by atoms with E-state index >= 15 is 0 Å². The second-order valence-electron chi connectivity index (χ2n) is 8.37. The minimum atomic E-state index is -5.21. The highest BCUT2D eigenvalue weighted by molar-refractivity contribution is 7.81. The van der Waals surface area contributed by atoms with Crippen LogP contribution in [0.3, 0.4) is 0 Å². The van der Waals surface area contributed by atoms with Gasteiger partial charge >= 0.3 is 10.5 Å². The second kappa shape index (κ2) is 11.2. The molecule has 1 N–H and O–H groups in total. The highest BCUT2D eigenvalue weighted by Gasteiger charge is 2.19. The lowest BCUT2D eigenvalue weighted by atomic mass is 9.99. The molecule has 0 spiro atoms. The monoisotopic (exact) mass is 570 g/mol. The van der Waals surface area contributed by atoms with E-state index in [1.165, 1.54) is 35.5 Å². The number of methoxy groups -OCH3 is 1. The summed E-state index contributed by atoms with van der Waals surface area (Å²) in [7, 11) is -2.49. The minimum absolute atomic E-state index is 0.0176. The number of anilines is 2. The molecule has 0 fully saturated rings. The number of nitrogens with one attached hydrogen (secondary N) is 1. The number of nitrogens with zero attached hydrogens (tertiary/aromatic N) is 3. The number of likely N-dealkylation sites (N-methyl/N-ethyl adjacent to an activating group) is 1. The Morgan fingerprint density at radius 1 is 1.14 bits per heavy atom. The van der Waals surface area contributed by atoms with Gasteiger partial charge in [-0.15, -0.1) is 0 Å². The van der Waals surface area contributed by atoms with Crippen molar-refractivity contribution >= 4 is 41.9 Å². The lowest BCUT2D eigenvalue weighted by molar-refractivity contribution is 0.312. The summed E-state index contributed by atoms with van der Waals surface area (Å²) < 4.78 is 56.3. The molecule has 1 aromatic heterocycles. The maximum absolute atomic E-state index is 13.0. The summed E-state index contributed by atoms with van der Waals surface area (Å²) in [5, 5.41) is 3.29. The molecule has 14 heteroatoms. The number of hydrogen-bond donors (Lipinski definition) is 1. The third kappa shape index (κ3) is 7.10. The molecule has 0 unspecified atom stereocenters. The minimum Gasteiger partial charge on any atom is -0.495 e. The molecular formula is C23H25ClFN4O6PS. The molecule has 0 bridgehead atoms. The molecule has 0 saturated carbocycles. The fourth-order valence-corrected chi connectivity index (χ4v) is 4.71. The third-order valence-electron chi connectivity index (χ3n) is 5.28. The van der Waals surface area contributed by atoms with Gasteiger partial charge in [-0.25, -0.2) is 4.98 Å². The Morgan fingerprint density at radius 2 is 1.92 bits per heavy atom. The zero-order chi connectivity index (χ0) is 26.7. The number of ether oxygens (including phenoxy) is 2. The Morgan fingerprint density at radius 3 is 2.62 bits per heavy atom. The molecule has 1 aliphatic heterocycles. The second-order valence-corrected chi connectivity index (χ2v) is 11.5. The van der Waals surface area contributed by atoms with Crippen LogP contribution in [-0.2, 0) is 23.5 Å². The SMILES string of the molecule is COc1cc2c(cc1Nc1ncc(Cl)c(Oc3ccc(OS(=O)(=O)F)cc3OP(C)C)n1)CN(C)CC2. The van der Waals surface area contributed by atoms with Crippen LogP contribution in [0.5, 0.6) is 28.9 Å². The summed E-state index contributed by atoms with van der Waals surface area (Å²) in [6, 6.07) is 7.81. The molecule has 3 aromatic rings. The number of hydrogen-bond acceptors (Lipinski definition) is 10. The van der Waals surface area contributed by atoms with Gasteiger partial charge in [0.2, 0.25) is 11.8 Å². The molecular weight excluding hydrogens is 546 g/mol. The van der Waals surface area contributed by atoms with Gasteiger partial charge in [0.1, 0.15) is 16.5 Å². The van der Waals surface area contributed by atoms with E-state index in [0.717, 1.165) is 19.5 Å². The highest BCUT2D eigenvalue weighted by atomic mass is 35.5. The van der Waals surface area contributed by atoms with Crippen LogP contribution in [-0.4, -0.2) is 57.3 Å². The summed E-state index contributed by atoms with van der Waals surface area (Å²) in [5.74, 6) is 0.897. The summed E-state index contributed by atoms with van der Waals surface area (Å²) >= 11 is 6.30. The van der Waals surface area contributed by atoms with E-state index in [0.29, 0.717) is 11.4 Å². The van der Waals surface area contributed by atoms with Crippen molar-refractivity contribution in [3.63, 3.8) is 0 Å². The van der Waals surface area contributed by atoms with Crippen molar-refractivity contribution in [2.75, 3.05) is 39.3 Å². The molecule has 0 saturated heterocycles. The Bertz CT molecular complexity index is 1410. The molecule has 0 aliphatic carbocycles. The van der Waals surface area contributed by atoms with E-state index in [9.17, 15) is 12.3 Å². The lowest BCUT2D eigenvalue weighted by Gasteiger charge is -2.26. The fraction of sp³-hybridized carbons (Fsp3) is 0.304. The Kier molecular flexibility index (Phi) is 8.23. The average molecular weight is 571 g/mol. The maximum Gasteiger partial charge on any atom is 0.488 e. The lowest BCUT2D eigenvalue weighted by Crippen LogP contribution is -2.26. The zero-order valence-corrected chi connectivity index (χ0v) is 23.0. The van der Waals surface area contributed by atoms with Crippen molar-refractivity contribution < 1.29 is 30.5 Å². The van der Waals surface area contributed by atoms with E-state index in [1.807, 2.05) is 25.5 Å². The van der Waals surface area contributed by atoms with E-state index < -0.39 is 18.7 Å². The standard InChI is InChI=1S/C23H25ClFN4O6PS/c1-29-8-7-14-10-20(32-2)18(9-15(14)13-29)27-23-26-12-17(24)22(28-23)33-19-6-5-16(35-37(25,30)31)11-21(19)34-36(3)4/h5-6,9-12H,7-8,13H2,1-4H3,(H,26,27,28). The molecule has 4 rings (SSSR count). The van der Waals surface area contributed by atoms with E-state index in [1.54, 1.807) is 7.11 Å². The van der Waals surface area contributed by atoms with Gasteiger partial charge in [0.25, 0.3) is 0 Å². The molecule has 2 aromatic carbocycles. The topological polar surface area (TPSA) is 112 Å². The Hall–Kier alpha value is -2.92. The first-order valence-electron chi connectivity index (χ1n) is 11.0. The largest absolute Gasteiger partial charge is 0.495 e. The van der Waals surface area contributed by atoms with Gasteiger partial charge in [0, 0.05) is 19.2 Å². The van der Waals surface area contributed by atoms with Crippen LogP contribution in [0.4, 0.5) is 15.5 Å². The van der Waals surface area contributed by atoms with Gasteiger partial charge in [-0.3, -0.25) is 0 Å². The van der Waals surface area contributed by atoms with Crippen molar-refractivity contribution in [1.82, 2.24) is 14.9 Å². The Labute approximate surface area is 220 Å². The molecule has 198 valence electrons. The van der Waals surface area contributed by atoms with Gasteiger partial charge in [0.15, 0.2) is 11.5 Å². The number of aromatic nitrogens is 2. The first kappa shape index (κ1) is 27.1. The van der Waals surface area contributed by atoms with Gasteiger partial charge in [0.05, 0.1) is 27.1 Å². The molecule has 10 nitrogen and oxygen atoms in total. The van der Waals surface area contributed by atoms with Crippen LogP contribution in [0.2, 0.25) is 5.02 Å². The van der Waals surface area contributed by atoms with Crippen molar-refractivity contribution in [3.05, 3.63) is 52.7 Å². The van der Waals surface area contributed by atoms with E-state index in [2.05, 4.69) is 31.4 Å². The quantitative estimate of drug-likeness (QED) is 0.269. The number of halogens is 2. The first-order chi connectivity index (χ1) is 17.5. The molecule has 1 aliphatic rings. The van der Waals surface area contributed by atoms with Crippen LogP contribution in [0.25, 0.3) is 0 Å². The first-order valence-corrected chi connectivity index (χ1v) is 14.8. The summed E-state index contributed by atoms with van der Waals surface area (Å²) in [6.45, 7) is 5.43. The van der Waals surface area contributed by atoms with Gasteiger partial charge < -0.3 is 28.4 Å². The van der Waals surface area contributed by atoms with Crippen LogP contribution in [0.15, 0.2) is 36.5 Å². The normalized spacial score (nSPS) is 13.7. The summed E-state index contributed by atoms with van der Waals surface area (Å²) in [5.41, 5.74) is 3.09. The number of fused-ring (bicyclic) bond motifs is 1. The number of rotatable bonds is 9. The fourth-order valence-electron chi connectivity index (χ4n) is 3.71. The van der Waals surface area contributed by atoms with Gasteiger partial charge in [-0.05, 0) is 62.2 Å². The van der Waals surface area contributed by atoms with Gasteiger partial charge in [-0.2, -0.15) is 13.4 Å². The van der Waals surface area contributed by atoms with Crippen molar-refractivity contribution in [1.29, 1.82) is 0 Å². The summed E-state index contributed by atoms with van der Waals surface area (Å²) in [6.07, 6.45) is 2.31. The van der Waals surface area contributed by atoms with Crippen molar-refractivity contribution in [2.45, 2.75) is 13.0 Å². The molecule has 37 heavy (non-hydrogen) atoms. The maximum atomic E-state index is 13.0. The van der Waals surface area contributed by atoms with E-state index in [-0.39, 0.29) is 34.1 Å². The highest BCUT2D eigenvalue weighted by Crippen LogP contribution is 2.42. The predicted molar refractivity (Wildman–Crippen MR) is 140 cm³/mol. The average Bonchev–Trinajstić information content (AvgIpc) is 2.81.